The van der Waals surface area contributed by atoms with Gasteiger partial charge in [-0.3, -0.25) is 0 Å². The lowest BCUT2D eigenvalue weighted by molar-refractivity contribution is 0.379. The zero-order valence-electron chi connectivity index (χ0n) is 12.3. The topological polar surface area (TPSA) is 90.4 Å². The Kier molecular flexibility index (Phi) is 4.60. The Hall–Kier alpha value is -2.77. The summed E-state index contributed by atoms with van der Waals surface area (Å²) in [6, 6.07) is 5.60. The molecule has 0 spiro atoms. The molecule has 1 aromatic carbocycles. The van der Waals surface area contributed by atoms with Gasteiger partial charge in [0.1, 0.15) is 11.5 Å². The molecule has 0 saturated heterocycles. The molecule has 2 aromatic rings. The molecule has 1 heterocycles. The van der Waals surface area contributed by atoms with Crippen molar-refractivity contribution in [1.82, 2.24) is 15.0 Å². The van der Waals surface area contributed by atoms with Crippen molar-refractivity contribution in [2.75, 3.05) is 39.0 Å². The van der Waals surface area contributed by atoms with Gasteiger partial charge in [0.15, 0.2) is 0 Å². The lowest BCUT2D eigenvalue weighted by atomic mass is 10.2. The molecule has 0 amide bonds. The molecular weight excluding hydrogens is 274 g/mol. The van der Waals surface area contributed by atoms with E-state index in [9.17, 15) is 0 Å². The van der Waals surface area contributed by atoms with Crippen molar-refractivity contribution < 1.29 is 14.2 Å². The molecule has 0 atom stereocenters. The summed E-state index contributed by atoms with van der Waals surface area (Å²) in [7, 11) is 6.38. The second kappa shape index (κ2) is 6.60. The molecule has 1 aromatic heterocycles. The van der Waals surface area contributed by atoms with E-state index in [-0.39, 0.29) is 6.01 Å². The summed E-state index contributed by atoms with van der Waals surface area (Å²) in [6.07, 6.45) is 0. The van der Waals surface area contributed by atoms with E-state index >= 15 is 0 Å². The van der Waals surface area contributed by atoms with Crippen molar-refractivity contribution in [1.29, 1.82) is 0 Å². The number of benzene rings is 1. The fraction of sp³-hybridized carbons (Fsp3) is 0.308. The first-order valence-corrected chi connectivity index (χ1v) is 6.17. The van der Waals surface area contributed by atoms with Gasteiger partial charge in [-0.1, -0.05) is 0 Å². The van der Waals surface area contributed by atoms with Crippen LogP contribution in [0, 0.1) is 0 Å². The smallest absolute Gasteiger partial charge is 0.322 e. The maximum atomic E-state index is 5.31. The Labute approximate surface area is 122 Å². The molecule has 2 rings (SSSR count). The van der Waals surface area contributed by atoms with Gasteiger partial charge in [0, 0.05) is 13.1 Å². The summed E-state index contributed by atoms with van der Waals surface area (Å²) in [5.41, 5.74) is 0.702. The van der Waals surface area contributed by atoms with Crippen molar-refractivity contribution in [3.8, 4) is 17.5 Å². The van der Waals surface area contributed by atoms with E-state index in [1.807, 2.05) is 12.1 Å². The summed E-state index contributed by atoms with van der Waals surface area (Å²) < 4.78 is 15.5. The van der Waals surface area contributed by atoms with Gasteiger partial charge in [-0.2, -0.15) is 15.0 Å². The van der Waals surface area contributed by atoms with Crippen LogP contribution in [0.3, 0.4) is 0 Å². The Bertz CT molecular complexity index is 599. The Balaban J connectivity index is 2.33. The molecule has 0 radical (unpaired) electrons. The molecule has 112 valence electrons. The first-order chi connectivity index (χ1) is 10.2. The molecule has 0 bridgehead atoms. The number of nitrogens with one attached hydrogen (secondary N) is 2. The van der Waals surface area contributed by atoms with Crippen LogP contribution < -0.4 is 24.8 Å². The Morgan fingerprint density at radius 1 is 0.905 bits per heavy atom. The van der Waals surface area contributed by atoms with Crippen molar-refractivity contribution >= 4 is 17.6 Å². The molecule has 0 aliphatic carbocycles. The lowest BCUT2D eigenvalue weighted by Crippen LogP contribution is -2.06. The molecule has 0 unspecified atom stereocenters. The van der Waals surface area contributed by atoms with Gasteiger partial charge in [0.25, 0.3) is 0 Å². The third-order valence-electron chi connectivity index (χ3n) is 2.68. The number of aromatic nitrogens is 3. The highest BCUT2D eigenvalue weighted by Crippen LogP contribution is 2.30. The summed E-state index contributed by atoms with van der Waals surface area (Å²) in [6.45, 7) is 0. The standard InChI is InChI=1S/C13H17N5O3/c1-14-11-16-12(18-13(17-11)21-4)15-9-6-5-8(19-2)7-10(9)20-3/h5-7H,1-4H3,(H2,14,15,16,17,18). The molecule has 21 heavy (non-hydrogen) atoms. The highest BCUT2D eigenvalue weighted by Gasteiger charge is 2.10. The van der Waals surface area contributed by atoms with E-state index in [0.29, 0.717) is 29.1 Å². The molecule has 0 saturated carbocycles. The number of hydrogen-bond donors (Lipinski definition) is 2. The largest absolute Gasteiger partial charge is 0.497 e. The third-order valence-corrected chi connectivity index (χ3v) is 2.68. The fourth-order valence-corrected chi connectivity index (χ4v) is 1.64. The van der Waals surface area contributed by atoms with E-state index in [4.69, 9.17) is 14.2 Å². The zero-order valence-corrected chi connectivity index (χ0v) is 12.3. The zero-order chi connectivity index (χ0) is 15.2. The van der Waals surface area contributed by atoms with Gasteiger partial charge in [-0.05, 0) is 12.1 Å². The van der Waals surface area contributed by atoms with Crippen LogP contribution in [0.2, 0.25) is 0 Å². The summed E-state index contributed by atoms with van der Waals surface area (Å²) in [5.74, 6) is 2.05. The van der Waals surface area contributed by atoms with Crippen molar-refractivity contribution in [2.24, 2.45) is 0 Å². The van der Waals surface area contributed by atoms with Crippen LogP contribution in [-0.2, 0) is 0 Å². The van der Waals surface area contributed by atoms with Gasteiger partial charge < -0.3 is 24.8 Å². The van der Waals surface area contributed by atoms with Gasteiger partial charge in [-0.25, -0.2) is 0 Å². The molecule has 8 heteroatoms. The van der Waals surface area contributed by atoms with Crippen LogP contribution in [0.5, 0.6) is 17.5 Å². The first-order valence-electron chi connectivity index (χ1n) is 6.17. The predicted molar refractivity (Wildman–Crippen MR) is 78.8 cm³/mol. The molecular formula is C13H17N5O3. The lowest BCUT2D eigenvalue weighted by Gasteiger charge is -2.12. The third kappa shape index (κ3) is 3.41. The SMILES string of the molecule is CNc1nc(Nc2ccc(OC)cc2OC)nc(OC)n1. The van der Waals surface area contributed by atoms with Gasteiger partial charge >= 0.3 is 6.01 Å². The maximum absolute atomic E-state index is 5.31. The van der Waals surface area contributed by atoms with Crippen molar-refractivity contribution in [2.45, 2.75) is 0 Å². The van der Waals surface area contributed by atoms with E-state index in [2.05, 4.69) is 25.6 Å². The Morgan fingerprint density at radius 3 is 2.29 bits per heavy atom. The number of hydrogen-bond acceptors (Lipinski definition) is 8. The van der Waals surface area contributed by atoms with Crippen LogP contribution in [0.25, 0.3) is 0 Å². The average molecular weight is 291 g/mol. The number of rotatable bonds is 6. The van der Waals surface area contributed by atoms with E-state index < -0.39 is 0 Å². The Morgan fingerprint density at radius 2 is 1.67 bits per heavy atom. The minimum Gasteiger partial charge on any atom is -0.497 e. The summed E-state index contributed by atoms with van der Waals surface area (Å²) in [4.78, 5) is 12.4. The maximum Gasteiger partial charge on any atom is 0.322 e. The van der Waals surface area contributed by atoms with Crippen LogP contribution >= 0.6 is 0 Å². The van der Waals surface area contributed by atoms with Gasteiger partial charge in [0.05, 0.1) is 27.0 Å². The summed E-state index contributed by atoms with van der Waals surface area (Å²) >= 11 is 0. The highest BCUT2D eigenvalue weighted by molar-refractivity contribution is 5.64. The van der Waals surface area contributed by atoms with E-state index in [0.717, 1.165) is 0 Å². The minimum atomic E-state index is 0.212. The van der Waals surface area contributed by atoms with Crippen molar-refractivity contribution in [3.63, 3.8) is 0 Å². The normalized spacial score (nSPS) is 9.90. The highest BCUT2D eigenvalue weighted by atomic mass is 16.5. The average Bonchev–Trinajstić information content (AvgIpc) is 2.54. The minimum absolute atomic E-state index is 0.212. The van der Waals surface area contributed by atoms with Crippen molar-refractivity contribution in [3.05, 3.63) is 18.2 Å². The number of nitrogens with zero attached hydrogens (tertiary/aromatic N) is 3. The second-order valence-corrected chi connectivity index (χ2v) is 3.91. The predicted octanol–water partition coefficient (Wildman–Crippen LogP) is 1.68. The van der Waals surface area contributed by atoms with Crippen LogP contribution in [0.15, 0.2) is 18.2 Å². The van der Waals surface area contributed by atoms with Crippen LogP contribution in [-0.4, -0.2) is 43.3 Å². The first kappa shape index (κ1) is 14.6. The molecule has 0 fully saturated rings. The van der Waals surface area contributed by atoms with E-state index in [1.165, 1.54) is 7.11 Å². The number of ether oxygens (including phenoxy) is 3. The molecule has 8 nitrogen and oxygen atoms in total. The van der Waals surface area contributed by atoms with E-state index in [1.54, 1.807) is 27.3 Å². The molecule has 0 aliphatic rings. The number of methoxy groups -OCH3 is 3. The fourth-order valence-electron chi connectivity index (χ4n) is 1.64. The molecule has 0 aliphatic heterocycles. The monoisotopic (exact) mass is 291 g/mol. The van der Waals surface area contributed by atoms with Gasteiger partial charge in [0.2, 0.25) is 11.9 Å². The second-order valence-electron chi connectivity index (χ2n) is 3.91. The quantitative estimate of drug-likeness (QED) is 0.831. The molecule has 2 N–H and O–H groups in total. The van der Waals surface area contributed by atoms with Crippen LogP contribution in [0.4, 0.5) is 17.6 Å². The van der Waals surface area contributed by atoms with Gasteiger partial charge in [-0.15, -0.1) is 0 Å². The summed E-state index contributed by atoms with van der Waals surface area (Å²) in [5, 5.41) is 5.90. The number of anilines is 3. The van der Waals surface area contributed by atoms with Crippen LogP contribution in [0.1, 0.15) is 0 Å².